The quantitative estimate of drug-likeness (QED) is 0.315. The van der Waals surface area contributed by atoms with Crippen molar-refractivity contribution in [1.82, 2.24) is 0 Å². The van der Waals surface area contributed by atoms with E-state index in [1.54, 1.807) is 0 Å². The Morgan fingerprint density at radius 3 is 2.00 bits per heavy atom. The molecule has 0 spiro atoms. The zero-order chi connectivity index (χ0) is 5.91. The molecule has 0 aliphatic carbocycles. The standard InChI is InChI=1S/CH2O4S2/c2-1-5-7(3,4)6/h1H,(H,3,4,6). The molecule has 0 aliphatic heterocycles. The van der Waals surface area contributed by atoms with Gasteiger partial charge in [0, 0.05) is 0 Å². The van der Waals surface area contributed by atoms with Gasteiger partial charge >= 0.3 is 15.6 Å². The second-order valence-corrected chi connectivity index (χ2v) is 3.01. The molecule has 0 saturated heterocycles. The van der Waals surface area contributed by atoms with E-state index < -0.39 is 9.15 Å². The van der Waals surface area contributed by atoms with Gasteiger partial charge < -0.3 is 4.18 Å². The van der Waals surface area contributed by atoms with Crippen LogP contribution < -0.4 is 0 Å². The average Bonchev–Trinajstić information content (AvgIpc) is 1.30. The van der Waals surface area contributed by atoms with Gasteiger partial charge in [0.05, 0.1) is 0 Å². The molecule has 0 aromatic rings. The van der Waals surface area contributed by atoms with Gasteiger partial charge in [-0.25, -0.2) is 0 Å². The SMILES string of the molecule is O=COS(=O)(=O)S. The maximum absolute atomic E-state index is 9.64. The highest BCUT2D eigenvalue weighted by Gasteiger charge is 1.97. The minimum Gasteiger partial charge on any atom is -0.341 e. The van der Waals surface area contributed by atoms with E-state index in [0.717, 1.165) is 0 Å². The highest BCUT2D eigenvalue weighted by Crippen LogP contribution is 1.92. The Bertz CT molecular complexity index is 143. The summed E-state index contributed by atoms with van der Waals surface area (Å²) in [5.74, 6) is 0. The van der Waals surface area contributed by atoms with Crippen molar-refractivity contribution in [1.29, 1.82) is 0 Å². The number of hydrogen-bond donors (Lipinski definition) is 1. The lowest BCUT2D eigenvalue weighted by Crippen LogP contribution is -1.92. The Labute approximate surface area is 45.4 Å². The van der Waals surface area contributed by atoms with Crippen LogP contribution in [0.5, 0.6) is 0 Å². The molecule has 0 N–H and O–H groups in total. The summed E-state index contributed by atoms with van der Waals surface area (Å²) in [5, 5.41) is 0. The normalized spacial score (nSPS) is 10.4. The van der Waals surface area contributed by atoms with Gasteiger partial charge in [-0.1, -0.05) is 0 Å². The average molecular weight is 142 g/mol. The predicted octanol–water partition coefficient (Wildman–Crippen LogP) is -0.666. The summed E-state index contributed by atoms with van der Waals surface area (Å²) in [7, 11) is -3.85. The van der Waals surface area contributed by atoms with Crippen molar-refractivity contribution in [2.45, 2.75) is 0 Å². The second kappa shape index (κ2) is 2.17. The Hall–Kier alpha value is -0.230. The van der Waals surface area contributed by atoms with E-state index in [1.807, 2.05) is 0 Å². The molecule has 0 saturated carbocycles. The summed E-state index contributed by atoms with van der Waals surface area (Å²) < 4.78 is 22.7. The first kappa shape index (κ1) is 6.77. The van der Waals surface area contributed by atoms with Gasteiger partial charge in [0.1, 0.15) is 0 Å². The van der Waals surface area contributed by atoms with Crippen LogP contribution in [-0.2, 0) is 18.1 Å². The molecule has 4 nitrogen and oxygen atoms in total. The van der Waals surface area contributed by atoms with E-state index in [4.69, 9.17) is 0 Å². The Balaban J connectivity index is 3.84. The largest absolute Gasteiger partial charge is 0.365 e. The topological polar surface area (TPSA) is 60.4 Å². The molecule has 0 bridgehead atoms. The third kappa shape index (κ3) is 5.77. The number of rotatable bonds is 2. The maximum atomic E-state index is 9.64. The number of carbonyl (C=O) groups excluding carboxylic acids is 1. The van der Waals surface area contributed by atoms with Crippen molar-refractivity contribution in [3.63, 3.8) is 0 Å². The molecule has 0 amide bonds. The molecule has 42 valence electrons. The summed E-state index contributed by atoms with van der Waals surface area (Å²) in [6, 6.07) is 0. The molecule has 0 aliphatic rings. The molecule has 0 fully saturated rings. The van der Waals surface area contributed by atoms with Gasteiger partial charge in [0.15, 0.2) is 0 Å². The van der Waals surface area contributed by atoms with Gasteiger partial charge in [-0.3, -0.25) is 4.79 Å². The lowest BCUT2D eigenvalue weighted by atomic mass is 11.7. The van der Waals surface area contributed by atoms with Crippen LogP contribution in [0.25, 0.3) is 0 Å². The third-order valence-corrected chi connectivity index (χ3v) is 0.741. The molecule has 0 aromatic heterocycles. The van der Waals surface area contributed by atoms with Crippen molar-refractivity contribution in [2.75, 3.05) is 0 Å². The highest BCUT2D eigenvalue weighted by molar-refractivity contribution is 8.61. The molecular formula is CH2O4S2. The minimum absolute atomic E-state index is 0.206. The van der Waals surface area contributed by atoms with E-state index in [9.17, 15) is 13.2 Å². The van der Waals surface area contributed by atoms with Gasteiger partial charge in [-0.15, -0.1) is 0 Å². The zero-order valence-corrected chi connectivity index (χ0v) is 4.78. The number of carbonyl (C=O) groups is 1. The van der Waals surface area contributed by atoms with Crippen LogP contribution in [0.4, 0.5) is 0 Å². The fourth-order valence-corrected chi connectivity index (χ4v) is 0.254. The Morgan fingerprint density at radius 2 is 2.00 bits per heavy atom. The molecule has 0 aromatic carbocycles. The summed E-state index contributed by atoms with van der Waals surface area (Å²) in [4.78, 5) is 9.17. The molecule has 0 rings (SSSR count). The molecule has 0 radical (unpaired) electrons. The Morgan fingerprint density at radius 1 is 1.57 bits per heavy atom. The van der Waals surface area contributed by atoms with E-state index in [-0.39, 0.29) is 6.47 Å². The van der Waals surface area contributed by atoms with Crippen LogP contribution in [-0.4, -0.2) is 14.9 Å². The zero-order valence-electron chi connectivity index (χ0n) is 3.07. The van der Waals surface area contributed by atoms with Crippen LogP contribution in [0.1, 0.15) is 0 Å². The van der Waals surface area contributed by atoms with Gasteiger partial charge in [-0.2, -0.15) is 8.42 Å². The molecule has 0 atom stereocenters. The lowest BCUT2D eigenvalue weighted by Gasteiger charge is -1.84. The molecular weight excluding hydrogens is 140 g/mol. The van der Waals surface area contributed by atoms with E-state index in [2.05, 4.69) is 15.8 Å². The second-order valence-electron chi connectivity index (χ2n) is 0.620. The van der Waals surface area contributed by atoms with Crippen molar-refractivity contribution in [3.05, 3.63) is 0 Å². The van der Waals surface area contributed by atoms with Gasteiger partial charge in [0.25, 0.3) is 0 Å². The van der Waals surface area contributed by atoms with E-state index >= 15 is 0 Å². The van der Waals surface area contributed by atoms with Crippen molar-refractivity contribution in [2.24, 2.45) is 0 Å². The van der Waals surface area contributed by atoms with Crippen LogP contribution in [0.2, 0.25) is 0 Å². The molecule has 0 heterocycles. The fourth-order valence-electron chi connectivity index (χ4n) is 0.0496. The Kier molecular flexibility index (Phi) is 2.10. The van der Waals surface area contributed by atoms with Gasteiger partial charge in [0.2, 0.25) is 0 Å². The monoisotopic (exact) mass is 142 g/mol. The number of thiol groups is 1. The molecule has 6 heteroatoms. The first-order valence-electron chi connectivity index (χ1n) is 1.15. The molecule has 7 heavy (non-hydrogen) atoms. The summed E-state index contributed by atoms with van der Waals surface area (Å²) in [6.45, 7) is -0.206. The smallest absolute Gasteiger partial charge is 0.341 e. The van der Waals surface area contributed by atoms with E-state index in [1.165, 1.54) is 0 Å². The molecule has 0 unspecified atom stereocenters. The van der Waals surface area contributed by atoms with Crippen molar-refractivity contribution >= 4 is 27.3 Å². The van der Waals surface area contributed by atoms with E-state index in [0.29, 0.717) is 0 Å². The first-order chi connectivity index (χ1) is 3.06. The maximum Gasteiger partial charge on any atom is 0.365 e. The lowest BCUT2D eigenvalue weighted by molar-refractivity contribution is -0.120. The summed E-state index contributed by atoms with van der Waals surface area (Å²) >= 11 is 2.85. The van der Waals surface area contributed by atoms with Gasteiger partial charge in [-0.05, 0) is 11.7 Å². The van der Waals surface area contributed by atoms with Crippen LogP contribution >= 0.6 is 11.7 Å². The first-order valence-corrected chi connectivity index (χ1v) is 3.61. The number of hydrogen-bond acceptors (Lipinski definition) is 4. The van der Waals surface area contributed by atoms with Crippen molar-refractivity contribution in [3.8, 4) is 0 Å². The highest BCUT2D eigenvalue weighted by atomic mass is 33.1. The minimum atomic E-state index is -3.85. The fraction of sp³-hybridized carbons (Fsp3) is 0. The summed E-state index contributed by atoms with van der Waals surface area (Å²) in [6.07, 6.45) is 0. The van der Waals surface area contributed by atoms with Crippen molar-refractivity contribution < 1.29 is 17.4 Å². The third-order valence-electron chi connectivity index (χ3n) is 0.161. The predicted molar refractivity (Wildman–Crippen MR) is 25.1 cm³/mol. The summed E-state index contributed by atoms with van der Waals surface area (Å²) in [5.41, 5.74) is 0. The van der Waals surface area contributed by atoms with Crippen LogP contribution in [0, 0.1) is 0 Å². The van der Waals surface area contributed by atoms with Crippen LogP contribution in [0.15, 0.2) is 0 Å². The van der Waals surface area contributed by atoms with Crippen LogP contribution in [0.3, 0.4) is 0 Å².